The van der Waals surface area contributed by atoms with Crippen LogP contribution in [0.5, 0.6) is 0 Å². The molecule has 0 aliphatic heterocycles. The number of nitrogens with zero attached hydrogens (tertiary/aromatic N) is 6. The fourth-order valence-electron chi connectivity index (χ4n) is 16.9. The minimum atomic E-state index is -4.71. The number of hydrogen-bond donors (Lipinski definition) is 0. The van der Waals surface area contributed by atoms with Crippen LogP contribution in [0.2, 0.25) is 0 Å². The van der Waals surface area contributed by atoms with Gasteiger partial charge >= 0.3 is 6.18 Å². The molecule has 0 N–H and O–H groups in total. The quantitative estimate of drug-likeness (QED) is 0.145. The fraction of sp³-hybridized carbons (Fsp3) is 0.0110. The molecule has 0 unspecified atom stereocenters. The van der Waals surface area contributed by atoms with Crippen LogP contribution in [0, 0.1) is 0 Å². The Morgan fingerprint density at radius 1 is 0.180 bits per heavy atom. The van der Waals surface area contributed by atoms with E-state index in [4.69, 9.17) is 0 Å². The molecule has 0 saturated heterocycles. The van der Waals surface area contributed by atoms with Gasteiger partial charge in [0.15, 0.2) is 0 Å². The topological polar surface area (TPSA) is 29.6 Å². The van der Waals surface area contributed by atoms with Crippen LogP contribution >= 0.6 is 0 Å². The molecule has 6 aromatic heterocycles. The Morgan fingerprint density at radius 3 is 0.750 bits per heavy atom. The molecule has 15 aromatic carbocycles. The first kappa shape index (κ1) is 56.1. The van der Waals surface area contributed by atoms with Gasteiger partial charge in [-0.15, -0.1) is 0 Å². The minimum absolute atomic E-state index is 0.384. The van der Waals surface area contributed by atoms with Crippen molar-refractivity contribution in [3.8, 4) is 56.4 Å². The van der Waals surface area contributed by atoms with Crippen LogP contribution in [0.3, 0.4) is 0 Å². The van der Waals surface area contributed by atoms with E-state index in [-0.39, 0.29) is 0 Å². The lowest BCUT2D eigenvalue weighted by Crippen LogP contribution is -2.18. The van der Waals surface area contributed by atoms with Crippen LogP contribution in [0.25, 0.3) is 187 Å². The SMILES string of the molecule is FC(F)(F)c1cccc(-c2c(-n3c4ccccc4c4ccccc43)c(-n3c4ccccc4c4ccccc43)c(-n3c4ccccc4c4cc(-c5ccc6c(c5)c5ccccc5n6-c5ccccc5)ccc43)c(-n3c4ccccc4c4ccccc43)c2-n2c3ccccc3c3ccccc32)c1. The van der Waals surface area contributed by atoms with Crippen LogP contribution in [0.1, 0.15) is 5.56 Å². The Morgan fingerprint density at radius 2 is 0.430 bits per heavy atom. The van der Waals surface area contributed by atoms with Crippen molar-refractivity contribution < 1.29 is 13.2 Å². The normalized spacial score (nSPS) is 12.3. The fourth-order valence-corrected chi connectivity index (χ4v) is 16.9. The molecule has 0 aliphatic carbocycles. The molecular weight excluding hydrogens is 1230 g/mol. The maximum Gasteiger partial charge on any atom is 0.416 e. The number of para-hydroxylation sites is 11. The second-order valence-corrected chi connectivity index (χ2v) is 26.2. The summed E-state index contributed by atoms with van der Waals surface area (Å²) in [6.45, 7) is 0. The van der Waals surface area contributed by atoms with Crippen molar-refractivity contribution >= 4 is 131 Å². The number of hydrogen-bond acceptors (Lipinski definition) is 0. The molecule has 6 nitrogen and oxygen atoms in total. The van der Waals surface area contributed by atoms with Crippen LogP contribution in [-0.2, 0) is 6.18 Å². The monoisotopic (exact) mass is 1290 g/mol. The van der Waals surface area contributed by atoms with E-state index < -0.39 is 11.7 Å². The maximum atomic E-state index is 16.2. The minimum Gasteiger partial charge on any atom is -0.309 e. The van der Waals surface area contributed by atoms with Crippen molar-refractivity contribution in [1.29, 1.82) is 0 Å². The molecule has 9 heteroatoms. The molecule has 21 aromatic rings. The van der Waals surface area contributed by atoms with Gasteiger partial charge in [-0.3, -0.25) is 0 Å². The van der Waals surface area contributed by atoms with Gasteiger partial charge < -0.3 is 27.4 Å². The molecule has 6 heterocycles. The number of alkyl halides is 3. The van der Waals surface area contributed by atoms with Gasteiger partial charge in [-0.25, -0.2) is 0 Å². The summed E-state index contributed by atoms with van der Waals surface area (Å²) in [5.74, 6) is 0. The predicted molar refractivity (Wildman–Crippen MR) is 408 cm³/mol. The van der Waals surface area contributed by atoms with E-state index in [1.807, 2.05) is 6.07 Å². The first-order valence-corrected chi connectivity index (χ1v) is 33.8. The smallest absolute Gasteiger partial charge is 0.309 e. The summed E-state index contributed by atoms with van der Waals surface area (Å²) in [6, 6.07) is 116. The molecule has 0 amide bonds. The second-order valence-electron chi connectivity index (χ2n) is 26.2. The number of rotatable bonds is 8. The molecular formula is C91H55F3N6. The Balaban J connectivity index is 1.05. The second kappa shape index (κ2) is 21.2. The van der Waals surface area contributed by atoms with Crippen LogP contribution < -0.4 is 0 Å². The van der Waals surface area contributed by atoms with Crippen molar-refractivity contribution in [2.75, 3.05) is 0 Å². The number of aromatic nitrogens is 6. The van der Waals surface area contributed by atoms with Gasteiger partial charge in [0.1, 0.15) is 0 Å². The van der Waals surface area contributed by atoms with E-state index in [0.29, 0.717) is 22.5 Å². The number of fused-ring (bicyclic) bond motifs is 18. The van der Waals surface area contributed by atoms with Gasteiger partial charge in [-0.2, -0.15) is 13.2 Å². The van der Waals surface area contributed by atoms with E-state index in [1.165, 1.54) is 17.5 Å². The molecule has 0 spiro atoms. The highest BCUT2D eigenvalue weighted by Gasteiger charge is 2.38. The van der Waals surface area contributed by atoms with Crippen molar-refractivity contribution in [2.45, 2.75) is 6.18 Å². The average Bonchev–Trinajstić information content (AvgIpc) is 1.44. The summed E-state index contributed by atoms with van der Waals surface area (Å²) in [4.78, 5) is 0. The Bertz CT molecular complexity index is 6560. The van der Waals surface area contributed by atoms with Crippen molar-refractivity contribution in [3.63, 3.8) is 0 Å². The summed E-state index contributed by atoms with van der Waals surface area (Å²) in [6.07, 6.45) is -4.71. The van der Waals surface area contributed by atoms with Gasteiger partial charge in [0, 0.05) is 75.9 Å². The van der Waals surface area contributed by atoms with Gasteiger partial charge in [0.05, 0.1) is 100 Å². The maximum absolute atomic E-state index is 16.2. The molecule has 0 saturated carbocycles. The summed E-state index contributed by atoms with van der Waals surface area (Å²) >= 11 is 0. The molecule has 470 valence electrons. The molecule has 0 fully saturated rings. The van der Waals surface area contributed by atoms with Crippen LogP contribution in [0.15, 0.2) is 334 Å². The molecule has 0 aliphatic rings. The van der Waals surface area contributed by atoms with E-state index >= 15 is 13.2 Å². The summed E-state index contributed by atoms with van der Waals surface area (Å²) in [7, 11) is 0. The molecule has 0 radical (unpaired) electrons. The lowest BCUT2D eigenvalue weighted by atomic mass is 9.93. The zero-order valence-corrected chi connectivity index (χ0v) is 53.6. The van der Waals surface area contributed by atoms with Gasteiger partial charge in [-0.1, -0.05) is 224 Å². The number of benzene rings is 15. The lowest BCUT2D eigenvalue weighted by Gasteiger charge is -2.32. The molecule has 100 heavy (non-hydrogen) atoms. The largest absolute Gasteiger partial charge is 0.416 e. The third-order valence-electron chi connectivity index (χ3n) is 21.0. The van der Waals surface area contributed by atoms with Gasteiger partial charge in [0.2, 0.25) is 0 Å². The van der Waals surface area contributed by atoms with Gasteiger partial charge in [0.25, 0.3) is 0 Å². The Hall–Kier alpha value is -13.1. The van der Waals surface area contributed by atoms with E-state index in [0.717, 1.165) is 159 Å². The van der Waals surface area contributed by atoms with Crippen LogP contribution in [0.4, 0.5) is 13.2 Å². The first-order valence-electron chi connectivity index (χ1n) is 33.8. The van der Waals surface area contributed by atoms with E-state index in [9.17, 15) is 0 Å². The summed E-state index contributed by atoms with van der Waals surface area (Å²) < 4.78 is 63.1. The molecule has 21 rings (SSSR count). The first-order chi connectivity index (χ1) is 49.3. The van der Waals surface area contributed by atoms with E-state index in [1.54, 1.807) is 6.07 Å². The Kier molecular flexibility index (Phi) is 11.9. The highest BCUT2D eigenvalue weighted by molar-refractivity contribution is 6.20. The lowest BCUT2D eigenvalue weighted by molar-refractivity contribution is -0.137. The third kappa shape index (κ3) is 7.91. The summed E-state index contributed by atoms with van der Waals surface area (Å²) in [5, 5.41) is 12.5. The van der Waals surface area contributed by atoms with Crippen molar-refractivity contribution in [1.82, 2.24) is 27.4 Å². The average molecular weight is 1290 g/mol. The zero-order valence-electron chi connectivity index (χ0n) is 53.6. The molecule has 0 bridgehead atoms. The standard InChI is InChI=1S/C91H55F3N6/c92-91(93,94)59-26-24-25-58(53-59)85-86(96-74-40-15-4-29-61(74)62-30-5-16-41-75(62)96)88(98-78-44-19-8-33-65(78)66-34-9-20-45-79(66)98)90(89(99-80-46-21-10-35-67(80)68-36-11-22-47-81(68)99)87(85)97-76-42-17-6-31-63(76)64-32-7-18-43-77(64)97)100-82-48-23-13-38-70(82)72-55-57(50-52-84(72)100)56-49-51-83-71(54-56)69-37-12-14-39-73(69)95(83)60-27-2-1-3-28-60/h1-55H. The van der Waals surface area contributed by atoms with Crippen LogP contribution in [-0.4, -0.2) is 27.4 Å². The summed E-state index contributed by atoms with van der Waals surface area (Å²) in [5.41, 5.74) is 18.5. The third-order valence-corrected chi connectivity index (χ3v) is 21.0. The van der Waals surface area contributed by atoms with Crippen molar-refractivity contribution in [2.24, 2.45) is 0 Å². The highest BCUT2D eigenvalue weighted by Crippen LogP contribution is 2.55. The Labute approximate surface area is 569 Å². The predicted octanol–water partition coefficient (Wildman–Crippen LogP) is 24.6. The van der Waals surface area contributed by atoms with Crippen molar-refractivity contribution in [3.05, 3.63) is 339 Å². The molecule has 0 atom stereocenters. The van der Waals surface area contributed by atoms with Gasteiger partial charge in [-0.05, 0) is 126 Å². The zero-order chi connectivity index (χ0) is 66.1. The number of halogens is 3. The van der Waals surface area contributed by atoms with E-state index in [2.05, 4.69) is 337 Å². The highest BCUT2D eigenvalue weighted by atomic mass is 19.4.